The number of allylic oxidation sites excluding steroid dienone is 1. The van der Waals surface area contributed by atoms with Crippen LogP contribution in [0.25, 0.3) is 17.0 Å². The number of morpholine rings is 1. The van der Waals surface area contributed by atoms with E-state index in [0.29, 0.717) is 0 Å². The largest absolute Gasteiger partial charge is 0.494 e. The van der Waals surface area contributed by atoms with Crippen molar-refractivity contribution in [1.29, 1.82) is 0 Å². The number of aliphatic imine (C=N–C) groups is 1. The zero-order valence-corrected chi connectivity index (χ0v) is 18.4. The minimum Gasteiger partial charge on any atom is -0.494 e. The van der Waals surface area contributed by atoms with Crippen molar-refractivity contribution >= 4 is 29.0 Å². The highest BCUT2D eigenvalue weighted by molar-refractivity contribution is 6.13. The Balaban J connectivity index is 1.25. The van der Waals surface area contributed by atoms with Gasteiger partial charge in [-0.05, 0) is 41.6 Å². The van der Waals surface area contributed by atoms with Gasteiger partial charge in [-0.15, -0.1) is 0 Å². The topological polar surface area (TPSA) is 41.2 Å². The van der Waals surface area contributed by atoms with Crippen LogP contribution >= 0.6 is 0 Å². The van der Waals surface area contributed by atoms with Gasteiger partial charge in [-0.3, -0.25) is 4.90 Å². The van der Waals surface area contributed by atoms with Crippen LogP contribution in [0.4, 0.5) is 5.82 Å². The van der Waals surface area contributed by atoms with E-state index in [4.69, 9.17) is 9.47 Å². The first-order valence-corrected chi connectivity index (χ1v) is 11.7. The van der Waals surface area contributed by atoms with E-state index in [1.807, 2.05) is 12.3 Å². The normalized spacial score (nSPS) is 21.9. The Labute approximate surface area is 189 Å². The van der Waals surface area contributed by atoms with Crippen molar-refractivity contribution in [2.75, 3.05) is 52.5 Å². The lowest BCUT2D eigenvalue weighted by Gasteiger charge is -2.32. The highest BCUT2D eigenvalue weighted by Crippen LogP contribution is 2.41. The van der Waals surface area contributed by atoms with Gasteiger partial charge in [0.1, 0.15) is 5.75 Å². The van der Waals surface area contributed by atoms with Gasteiger partial charge in [0.25, 0.3) is 0 Å². The molecule has 2 aromatic rings. The standard InChI is InChI=1S/C26H29N4O2/c1-2-11-30-25(18-27-26(30)6-1)23-19-29-10-3-5-24(29)22-17-20(7-8-21(22)23)32-14-4-9-28-12-15-31-16-13-28/h1-2,5-8,11,17-18H,3-4,9-10,12-16,19H2/q+1. The molecule has 1 aromatic carbocycles. The van der Waals surface area contributed by atoms with Crippen molar-refractivity contribution in [3.63, 3.8) is 0 Å². The van der Waals surface area contributed by atoms with Gasteiger partial charge < -0.3 is 14.4 Å². The molecule has 0 atom stereocenters. The maximum Gasteiger partial charge on any atom is 0.328 e. The zero-order chi connectivity index (χ0) is 21.3. The molecule has 0 N–H and O–H groups in total. The smallest absolute Gasteiger partial charge is 0.328 e. The van der Waals surface area contributed by atoms with Gasteiger partial charge in [0.2, 0.25) is 0 Å². The molecule has 5 heterocycles. The second-order valence-electron chi connectivity index (χ2n) is 8.71. The maximum atomic E-state index is 6.18. The molecule has 32 heavy (non-hydrogen) atoms. The summed E-state index contributed by atoms with van der Waals surface area (Å²) in [6.45, 7) is 7.56. The monoisotopic (exact) mass is 429 g/mol. The van der Waals surface area contributed by atoms with Crippen LogP contribution in [-0.2, 0) is 4.74 Å². The van der Waals surface area contributed by atoms with E-state index in [2.05, 4.69) is 62.0 Å². The van der Waals surface area contributed by atoms with Crippen molar-refractivity contribution in [2.45, 2.75) is 12.8 Å². The minimum absolute atomic E-state index is 0.739. The first-order chi connectivity index (χ1) is 15.9. The van der Waals surface area contributed by atoms with Crippen molar-refractivity contribution in [3.05, 3.63) is 59.8 Å². The van der Waals surface area contributed by atoms with Crippen LogP contribution < -0.4 is 9.30 Å². The predicted octanol–water partition coefficient (Wildman–Crippen LogP) is 3.22. The number of aromatic nitrogens is 1. The molecule has 6 rings (SSSR count). The van der Waals surface area contributed by atoms with Gasteiger partial charge in [-0.1, -0.05) is 18.2 Å². The van der Waals surface area contributed by atoms with Crippen molar-refractivity contribution in [1.82, 2.24) is 9.80 Å². The Hall–Kier alpha value is -2.96. The summed E-state index contributed by atoms with van der Waals surface area (Å²) in [5.41, 5.74) is 6.42. The lowest BCUT2D eigenvalue weighted by molar-refractivity contribution is -0.557. The van der Waals surface area contributed by atoms with Crippen molar-refractivity contribution < 1.29 is 14.0 Å². The maximum absolute atomic E-state index is 6.18. The summed E-state index contributed by atoms with van der Waals surface area (Å²) in [7, 11) is 0. The van der Waals surface area contributed by atoms with E-state index in [1.54, 1.807) is 0 Å². The molecule has 4 aliphatic heterocycles. The summed E-state index contributed by atoms with van der Waals surface area (Å²) < 4.78 is 13.8. The third kappa shape index (κ3) is 3.63. The summed E-state index contributed by atoms with van der Waals surface area (Å²) in [5, 5.41) is 0. The summed E-state index contributed by atoms with van der Waals surface area (Å²) in [4.78, 5) is 9.58. The average Bonchev–Trinajstić information content (AvgIpc) is 3.49. The van der Waals surface area contributed by atoms with Crippen LogP contribution in [0.5, 0.6) is 5.75 Å². The summed E-state index contributed by atoms with van der Waals surface area (Å²) in [6.07, 6.45) is 8.61. The molecule has 6 heteroatoms. The van der Waals surface area contributed by atoms with E-state index < -0.39 is 0 Å². The zero-order valence-electron chi connectivity index (χ0n) is 18.4. The quantitative estimate of drug-likeness (QED) is 0.541. The molecule has 0 radical (unpaired) electrons. The van der Waals surface area contributed by atoms with E-state index in [-0.39, 0.29) is 0 Å². The van der Waals surface area contributed by atoms with Gasteiger partial charge in [0, 0.05) is 55.6 Å². The number of fused-ring (bicyclic) bond motifs is 4. The van der Waals surface area contributed by atoms with Gasteiger partial charge >= 0.3 is 5.82 Å². The van der Waals surface area contributed by atoms with E-state index >= 15 is 0 Å². The molecule has 0 unspecified atom stereocenters. The number of ether oxygens (including phenoxy) is 2. The molecule has 0 amide bonds. The highest BCUT2D eigenvalue weighted by Gasteiger charge is 2.33. The van der Waals surface area contributed by atoms with Crippen molar-refractivity contribution in [2.24, 2.45) is 4.99 Å². The van der Waals surface area contributed by atoms with E-state index in [9.17, 15) is 0 Å². The second-order valence-corrected chi connectivity index (χ2v) is 8.71. The fourth-order valence-electron chi connectivity index (χ4n) is 5.09. The molecule has 0 spiro atoms. The molecule has 0 aliphatic carbocycles. The molecule has 6 nitrogen and oxygen atoms in total. The number of pyridine rings is 1. The van der Waals surface area contributed by atoms with Crippen LogP contribution in [0, 0.1) is 0 Å². The molecule has 0 bridgehead atoms. The number of nitrogens with zero attached hydrogens (tertiary/aromatic N) is 4. The fourth-order valence-corrected chi connectivity index (χ4v) is 5.09. The molecule has 0 saturated carbocycles. The highest BCUT2D eigenvalue weighted by atomic mass is 16.5. The van der Waals surface area contributed by atoms with Crippen LogP contribution in [-0.4, -0.2) is 68.6 Å². The fraction of sp³-hybridized carbons (Fsp3) is 0.385. The molecule has 1 fully saturated rings. The Morgan fingerprint density at radius 2 is 2.00 bits per heavy atom. The first kappa shape index (κ1) is 19.7. The van der Waals surface area contributed by atoms with Crippen LogP contribution in [0.3, 0.4) is 0 Å². The predicted molar refractivity (Wildman–Crippen MR) is 126 cm³/mol. The third-order valence-electron chi connectivity index (χ3n) is 6.74. The Morgan fingerprint density at radius 3 is 2.94 bits per heavy atom. The molecule has 1 aromatic heterocycles. The Bertz CT molecular complexity index is 1110. The number of benzene rings is 1. The molecule has 164 valence electrons. The van der Waals surface area contributed by atoms with E-state index in [1.165, 1.54) is 28.1 Å². The van der Waals surface area contributed by atoms with Crippen LogP contribution in [0.2, 0.25) is 0 Å². The Kier molecular flexibility index (Phi) is 5.25. The summed E-state index contributed by atoms with van der Waals surface area (Å²) in [5.74, 6) is 1.94. The molecule has 4 aliphatic rings. The second kappa shape index (κ2) is 8.52. The third-order valence-corrected chi connectivity index (χ3v) is 6.74. The number of hydrogen-bond donors (Lipinski definition) is 0. The minimum atomic E-state index is 0.739. The first-order valence-electron chi connectivity index (χ1n) is 11.7. The van der Waals surface area contributed by atoms with Gasteiger partial charge in [0.05, 0.1) is 26.0 Å². The Morgan fingerprint density at radius 1 is 1.06 bits per heavy atom. The summed E-state index contributed by atoms with van der Waals surface area (Å²) in [6, 6.07) is 12.8. The SMILES string of the molecule is C1=Nc2cccc[n+]2C1=C1CN2CCC=C2c2cc(OCCCN3CCOCC3)ccc21. The molecule has 1 saturated heterocycles. The molecular weight excluding hydrogens is 400 g/mol. The molecular formula is C26H29N4O2+. The van der Waals surface area contributed by atoms with Gasteiger partial charge in [0.15, 0.2) is 11.9 Å². The van der Waals surface area contributed by atoms with E-state index in [0.717, 1.165) is 77.0 Å². The van der Waals surface area contributed by atoms with Gasteiger partial charge in [-0.25, -0.2) is 0 Å². The lowest BCUT2D eigenvalue weighted by Crippen LogP contribution is -2.37. The number of rotatable bonds is 5. The van der Waals surface area contributed by atoms with Crippen LogP contribution in [0.15, 0.2) is 53.7 Å². The summed E-state index contributed by atoms with van der Waals surface area (Å²) >= 11 is 0. The number of hydrogen-bond acceptors (Lipinski definition) is 5. The lowest BCUT2D eigenvalue weighted by atomic mass is 9.91. The van der Waals surface area contributed by atoms with Crippen LogP contribution in [0.1, 0.15) is 24.0 Å². The van der Waals surface area contributed by atoms with Gasteiger partial charge in [-0.2, -0.15) is 4.57 Å². The van der Waals surface area contributed by atoms with Crippen molar-refractivity contribution in [3.8, 4) is 5.75 Å². The average molecular weight is 430 g/mol.